The maximum absolute atomic E-state index is 11.4. The third-order valence-electron chi connectivity index (χ3n) is 6.55. The molecule has 0 radical (unpaired) electrons. The first-order valence-corrected chi connectivity index (χ1v) is 12.6. The van der Waals surface area contributed by atoms with Gasteiger partial charge in [-0.25, -0.2) is 13.8 Å². The number of fused-ring (bicyclic) bond motifs is 1. The Morgan fingerprint density at radius 3 is 2.38 bits per heavy atom. The summed E-state index contributed by atoms with van der Waals surface area (Å²) in [5.41, 5.74) is 5.21. The minimum Gasteiger partial charge on any atom is -0.493 e. The SMILES string of the molecule is COc1cc2nccc(N3CCC(C(C)CNN(C4CC4)[SH](=O)=O)CC3)c2cc1OC.O=CO. The van der Waals surface area contributed by atoms with Gasteiger partial charge in [0, 0.05) is 49.0 Å². The number of benzene rings is 1. The Balaban J connectivity index is 0.00000103. The molecule has 1 atom stereocenters. The van der Waals surface area contributed by atoms with Gasteiger partial charge >= 0.3 is 0 Å². The number of aromatic nitrogens is 1. The van der Waals surface area contributed by atoms with E-state index in [0.717, 1.165) is 49.7 Å². The molecule has 0 spiro atoms. The number of hydrazine groups is 1. The Kier molecular flexibility index (Phi) is 9.31. The highest BCUT2D eigenvalue weighted by Crippen LogP contribution is 2.37. The summed E-state index contributed by atoms with van der Waals surface area (Å²) in [7, 11) is 0.717. The molecule has 4 rings (SSSR count). The Hall–Kier alpha value is -2.63. The van der Waals surface area contributed by atoms with Crippen LogP contribution in [-0.2, 0) is 15.7 Å². The van der Waals surface area contributed by atoms with E-state index in [4.69, 9.17) is 19.4 Å². The summed E-state index contributed by atoms with van der Waals surface area (Å²) in [5.74, 6) is 2.37. The third-order valence-corrected chi connectivity index (χ3v) is 7.37. The number of nitrogens with zero attached hydrogens (tertiary/aromatic N) is 3. The van der Waals surface area contributed by atoms with Crippen LogP contribution in [0, 0.1) is 11.8 Å². The maximum Gasteiger partial charge on any atom is 0.290 e. The fourth-order valence-corrected chi connectivity index (χ4v) is 5.18. The van der Waals surface area contributed by atoms with Gasteiger partial charge in [0.1, 0.15) is 0 Å². The normalized spacial score (nSPS) is 17.4. The average Bonchev–Trinajstić information content (AvgIpc) is 3.68. The van der Waals surface area contributed by atoms with Crippen LogP contribution in [-0.4, -0.2) is 69.3 Å². The van der Waals surface area contributed by atoms with Crippen molar-refractivity contribution in [1.29, 1.82) is 0 Å². The van der Waals surface area contributed by atoms with Gasteiger partial charge in [-0.05, 0) is 49.7 Å². The van der Waals surface area contributed by atoms with Gasteiger partial charge in [-0.2, -0.15) is 0 Å². The zero-order chi connectivity index (χ0) is 24.7. The second kappa shape index (κ2) is 12.2. The molecule has 1 aliphatic carbocycles. The molecule has 1 saturated carbocycles. The number of hydrogen-bond acceptors (Lipinski definition) is 8. The summed E-state index contributed by atoms with van der Waals surface area (Å²) < 4.78 is 35.2. The summed E-state index contributed by atoms with van der Waals surface area (Å²) in [4.78, 5) is 15.3. The molecule has 2 N–H and O–H groups in total. The lowest BCUT2D eigenvalue weighted by molar-refractivity contribution is -0.122. The van der Waals surface area contributed by atoms with Gasteiger partial charge in [0.15, 0.2) is 11.5 Å². The number of piperidine rings is 1. The second-order valence-electron chi connectivity index (χ2n) is 8.64. The monoisotopic (exact) mass is 494 g/mol. The van der Waals surface area contributed by atoms with E-state index in [-0.39, 0.29) is 12.5 Å². The Morgan fingerprint density at radius 1 is 1.21 bits per heavy atom. The van der Waals surface area contributed by atoms with Gasteiger partial charge in [-0.3, -0.25) is 9.78 Å². The molecular weight excluding hydrogens is 460 g/mol. The topological polar surface area (TPSA) is 121 Å². The van der Waals surface area contributed by atoms with Gasteiger partial charge in [-0.1, -0.05) is 6.92 Å². The molecule has 10 nitrogen and oxygen atoms in total. The van der Waals surface area contributed by atoms with Crippen molar-refractivity contribution in [2.45, 2.75) is 38.6 Å². The summed E-state index contributed by atoms with van der Waals surface area (Å²) >= 11 is 0. The van der Waals surface area contributed by atoms with Crippen molar-refractivity contribution in [3.8, 4) is 11.5 Å². The summed E-state index contributed by atoms with van der Waals surface area (Å²) in [6.07, 6.45) is 5.91. The predicted octanol–water partition coefficient (Wildman–Crippen LogP) is 2.30. The average molecular weight is 495 g/mol. The highest BCUT2D eigenvalue weighted by molar-refractivity contribution is 7.69. The number of ether oxygens (including phenoxy) is 2. The largest absolute Gasteiger partial charge is 0.493 e. The standard InChI is InChI=1S/C22H32N4O4S.CH2O2/c1-15(14-24-26(31(27)28)17-4-5-17)16-7-10-25(11-8-16)20-6-9-23-19-13-22(30-3)21(29-2)12-18(19)20;2-1-3/h6,9,12-13,15-17,24,31H,4-5,7-8,10-11,14H2,1-3H3;1H,(H,2,3). The minimum atomic E-state index is -2.56. The van der Waals surface area contributed by atoms with Gasteiger partial charge in [0.25, 0.3) is 6.47 Å². The number of pyridine rings is 1. The van der Waals surface area contributed by atoms with Crippen LogP contribution >= 0.6 is 0 Å². The third kappa shape index (κ3) is 6.28. The first-order chi connectivity index (χ1) is 16.4. The fraction of sp³-hybridized carbons (Fsp3) is 0.565. The zero-order valence-electron chi connectivity index (χ0n) is 19.8. The molecule has 34 heavy (non-hydrogen) atoms. The molecular formula is C23H34N4O6S. The maximum atomic E-state index is 11.4. The van der Waals surface area contributed by atoms with Gasteiger partial charge in [0.2, 0.25) is 10.9 Å². The van der Waals surface area contributed by atoms with Gasteiger partial charge in [-0.15, -0.1) is 4.41 Å². The van der Waals surface area contributed by atoms with Crippen molar-refractivity contribution in [2.24, 2.45) is 11.8 Å². The molecule has 1 aromatic heterocycles. The number of carboxylic acid groups (broad SMARTS) is 1. The molecule has 1 unspecified atom stereocenters. The lowest BCUT2D eigenvalue weighted by Gasteiger charge is -2.37. The Bertz CT molecular complexity index is 1030. The van der Waals surface area contributed by atoms with E-state index in [9.17, 15) is 8.42 Å². The lowest BCUT2D eigenvalue weighted by atomic mass is 9.85. The zero-order valence-corrected chi connectivity index (χ0v) is 20.7. The van der Waals surface area contributed by atoms with Crippen molar-refractivity contribution in [3.63, 3.8) is 0 Å². The van der Waals surface area contributed by atoms with E-state index >= 15 is 0 Å². The van der Waals surface area contributed by atoms with E-state index in [1.165, 1.54) is 10.1 Å². The van der Waals surface area contributed by atoms with Crippen molar-refractivity contribution >= 4 is 34.0 Å². The summed E-state index contributed by atoms with van der Waals surface area (Å²) in [6, 6.07) is 6.15. The van der Waals surface area contributed by atoms with Crippen LogP contribution < -0.4 is 19.8 Å². The molecule has 0 bridgehead atoms. The van der Waals surface area contributed by atoms with Crippen molar-refractivity contribution in [3.05, 3.63) is 24.4 Å². The van der Waals surface area contributed by atoms with Gasteiger partial charge in [0.05, 0.1) is 19.7 Å². The van der Waals surface area contributed by atoms with E-state index in [1.54, 1.807) is 14.2 Å². The second-order valence-corrected chi connectivity index (χ2v) is 9.54. The van der Waals surface area contributed by atoms with E-state index in [0.29, 0.717) is 29.9 Å². The number of nitrogens with one attached hydrogen (secondary N) is 1. The van der Waals surface area contributed by atoms with Crippen LogP contribution in [0.2, 0.25) is 0 Å². The molecule has 2 aliphatic rings. The van der Waals surface area contributed by atoms with Crippen LogP contribution in [0.4, 0.5) is 5.69 Å². The number of carbonyl (C=O) groups is 1. The van der Waals surface area contributed by atoms with Crippen molar-refractivity contribution in [2.75, 3.05) is 38.8 Å². The molecule has 1 saturated heterocycles. The van der Waals surface area contributed by atoms with Crippen LogP contribution in [0.5, 0.6) is 11.5 Å². The van der Waals surface area contributed by atoms with Crippen molar-refractivity contribution < 1.29 is 27.8 Å². The first-order valence-electron chi connectivity index (χ1n) is 11.4. The first kappa shape index (κ1) is 26.0. The van der Waals surface area contributed by atoms with E-state index in [1.807, 2.05) is 18.3 Å². The number of anilines is 1. The number of thiol groups is 1. The molecule has 2 heterocycles. The number of rotatable bonds is 9. The molecule has 1 aromatic carbocycles. The molecule has 0 amide bonds. The Labute approximate surface area is 201 Å². The molecule has 2 aromatic rings. The summed E-state index contributed by atoms with van der Waals surface area (Å²) in [5, 5.41) is 7.95. The number of hydrogen-bond donors (Lipinski definition) is 3. The smallest absolute Gasteiger partial charge is 0.290 e. The molecule has 1 aliphatic heterocycles. The van der Waals surface area contributed by atoms with Crippen LogP contribution in [0.1, 0.15) is 32.6 Å². The lowest BCUT2D eigenvalue weighted by Crippen LogP contribution is -2.43. The predicted molar refractivity (Wildman–Crippen MR) is 131 cm³/mol. The van der Waals surface area contributed by atoms with Gasteiger partial charge < -0.3 is 19.5 Å². The molecule has 188 valence electrons. The minimum absolute atomic E-state index is 0.158. The van der Waals surface area contributed by atoms with Crippen molar-refractivity contribution in [1.82, 2.24) is 14.8 Å². The van der Waals surface area contributed by atoms with Crippen LogP contribution in [0.15, 0.2) is 24.4 Å². The van der Waals surface area contributed by atoms with E-state index in [2.05, 4.69) is 28.3 Å². The highest BCUT2D eigenvalue weighted by Gasteiger charge is 2.32. The summed E-state index contributed by atoms with van der Waals surface area (Å²) in [6.45, 7) is 4.59. The Morgan fingerprint density at radius 2 is 1.82 bits per heavy atom. The number of methoxy groups -OCH3 is 2. The highest BCUT2D eigenvalue weighted by atomic mass is 32.2. The molecule has 11 heteroatoms. The van der Waals surface area contributed by atoms with Crippen LogP contribution in [0.3, 0.4) is 0 Å². The van der Waals surface area contributed by atoms with E-state index < -0.39 is 10.9 Å². The fourth-order valence-electron chi connectivity index (χ4n) is 4.49. The quantitative estimate of drug-likeness (QED) is 0.274. The van der Waals surface area contributed by atoms with Crippen LogP contribution in [0.25, 0.3) is 10.9 Å². The molecule has 2 fully saturated rings.